The van der Waals surface area contributed by atoms with E-state index in [4.69, 9.17) is 4.98 Å². The Bertz CT molecular complexity index is 849. The van der Waals surface area contributed by atoms with Crippen molar-refractivity contribution < 1.29 is 4.79 Å². The number of rotatable bonds is 5. The van der Waals surface area contributed by atoms with Crippen LogP contribution < -0.4 is 5.32 Å². The molecule has 124 valence electrons. The topological polar surface area (TPSA) is 46.9 Å². The van der Waals surface area contributed by atoms with Gasteiger partial charge in [0.25, 0.3) is 0 Å². The van der Waals surface area contributed by atoms with Crippen LogP contribution >= 0.6 is 0 Å². The molecule has 0 fully saturated rings. The van der Waals surface area contributed by atoms with Crippen molar-refractivity contribution in [2.75, 3.05) is 0 Å². The van der Waals surface area contributed by atoms with Gasteiger partial charge in [0.1, 0.15) is 5.82 Å². The van der Waals surface area contributed by atoms with Crippen molar-refractivity contribution in [1.29, 1.82) is 0 Å². The van der Waals surface area contributed by atoms with Crippen LogP contribution in [0.15, 0.2) is 48.5 Å². The fourth-order valence-electron chi connectivity index (χ4n) is 2.88. The van der Waals surface area contributed by atoms with E-state index in [2.05, 4.69) is 47.1 Å². The summed E-state index contributed by atoms with van der Waals surface area (Å²) in [6, 6.07) is 16.5. The molecule has 3 rings (SSSR count). The number of imidazole rings is 1. The molecule has 1 aromatic heterocycles. The van der Waals surface area contributed by atoms with Gasteiger partial charge < -0.3 is 9.88 Å². The zero-order valence-electron chi connectivity index (χ0n) is 14.4. The number of nitrogens with zero attached hydrogens (tertiary/aromatic N) is 2. The van der Waals surface area contributed by atoms with Gasteiger partial charge in [-0.15, -0.1) is 0 Å². The second-order valence-corrected chi connectivity index (χ2v) is 6.17. The first-order chi connectivity index (χ1) is 11.6. The Kier molecular flexibility index (Phi) is 4.65. The number of fused-ring (bicyclic) bond motifs is 1. The number of para-hydroxylation sites is 2. The number of aryl methyl sites for hydroxylation is 1. The van der Waals surface area contributed by atoms with Crippen LogP contribution in [-0.2, 0) is 11.3 Å². The van der Waals surface area contributed by atoms with Crippen molar-refractivity contribution >= 4 is 16.9 Å². The number of aromatic nitrogens is 2. The zero-order valence-corrected chi connectivity index (χ0v) is 14.4. The molecule has 0 saturated carbocycles. The van der Waals surface area contributed by atoms with Gasteiger partial charge in [0, 0.05) is 13.0 Å². The Hall–Kier alpha value is -2.62. The molecule has 1 amide bonds. The van der Waals surface area contributed by atoms with E-state index in [0.717, 1.165) is 23.4 Å². The molecule has 1 atom stereocenters. The second-order valence-electron chi connectivity index (χ2n) is 6.17. The molecule has 1 heterocycles. The Labute approximate surface area is 142 Å². The average molecular weight is 321 g/mol. The lowest BCUT2D eigenvalue weighted by Gasteiger charge is -2.16. The summed E-state index contributed by atoms with van der Waals surface area (Å²) in [5.74, 6) is 0.926. The first kappa shape index (κ1) is 16.2. The molecule has 0 saturated heterocycles. The number of amides is 1. The zero-order chi connectivity index (χ0) is 17.1. The average Bonchev–Trinajstić information content (AvgIpc) is 2.95. The summed E-state index contributed by atoms with van der Waals surface area (Å²) >= 11 is 0. The largest absolute Gasteiger partial charge is 0.346 e. The Morgan fingerprint density at radius 3 is 2.58 bits per heavy atom. The molecule has 1 unspecified atom stereocenters. The van der Waals surface area contributed by atoms with E-state index in [1.165, 1.54) is 11.1 Å². The highest BCUT2D eigenvalue weighted by Crippen LogP contribution is 2.22. The minimum Gasteiger partial charge on any atom is -0.346 e. The summed E-state index contributed by atoms with van der Waals surface area (Å²) in [5, 5.41) is 3.02. The SMILES string of the molecule is CCC(=O)NC(C)c1nc2ccccc2n1Cc1ccc(C)cc1. The van der Waals surface area contributed by atoms with E-state index in [1.54, 1.807) is 0 Å². The fourth-order valence-corrected chi connectivity index (χ4v) is 2.88. The van der Waals surface area contributed by atoms with Gasteiger partial charge in [0.05, 0.1) is 17.1 Å². The summed E-state index contributed by atoms with van der Waals surface area (Å²) < 4.78 is 2.20. The first-order valence-electron chi connectivity index (χ1n) is 8.38. The molecule has 24 heavy (non-hydrogen) atoms. The highest BCUT2D eigenvalue weighted by Gasteiger charge is 2.18. The van der Waals surface area contributed by atoms with E-state index in [0.29, 0.717) is 6.42 Å². The quantitative estimate of drug-likeness (QED) is 0.772. The molecule has 1 N–H and O–H groups in total. The maximum absolute atomic E-state index is 11.8. The lowest BCUT2D eigenvalue weighted by atomic mass is 10.1. The third kappa shape index (κ3) is 3.32. The van der Waals surface area contributed by atoms with Crippen LogP contribution in [0, 0.1) is 6.92 Å². The third-order valence-electron chi connectivity index (χ3n) is 4.23. The van der Waals surface area contributed by atoms with Crippen LogP contribution in [0.5, 0.6) is 0 Å². The van der Waals surface area contributed by atoms with E-state index in [-0.39, 0.29) is 11.9 Å². The third-order valence-corrected chi connectivity index (χ3v) is 4.23. The number of hydrogen-bond acceptors (Lipinski definition) is 2. The molecule has 3 aromatic rings. The van der Waals surface area contributed by atoms with Crippen LogP contribution in [0.25, 0.3) is 11.0 Å². The summed E-state index contributed by atoms with van der Waals surface area (Å²) in [4.78, 5) is 16.5. The number of hydrogen-bond donors (Lipinski definition) is 1. The van der Waals surface area contributed by atoms with Gasteiger partial charge in [-0.3, -0.25) is 4.79 Å². The smallest absolute Gasteiger partial charge is 0.220 e. The van der Waals surface area contributed by atoms with E-state index < -0.39 is 0 Å². The molecule has 2 aromatic carbocycles. The van der Waals surface area contributed by atoms with E-state index in [9.17, 15) is 4.79 Å². The molecule has 0 aliphatic heterocycles. The minimum absolute atomic E-state index is 0.0384. The van der Waals surface area contributed by atoms with Crippen molar-refractivity contribution in [3.8, 4) is 0 Å². The number of carbonyl (C=O) groups is 1. The Morgan fingerprint density at radius 1 is 1.17 bits per heavy atom. The van der Waals surface area contributed by atoms with Crippen molar-refractivity contribution in [1.82, 2.24) is 14.9 Å². The maximum atomic E-state index is 11.8. The molecule has 0 radical (unpaired) electrons. The van der Waals surface area contributed by atoms with Gasteiger partial charge in [-0.25, -0.2) is 4.98 Å². The Balaban J connectivity index is 2.01. The van der Waals surface area contributed by atoms with E-state index in [1.807, 2.05) is 32.0 Å². The lowest BCUT2D eigenvalue weighted by molar-refractivity contribution is -0.121. The summed E-state index contributed by atoms with van der Waals surface area (Å²) in [7, 11) is 0. The summed E-state index contributed by atoms with van der Waals surface area (Å²) in [6.07, 6.45) is 0.475. The van der Waals surface area contributed by atoms with Gasteiger partial charge in [0.15, 0.2) is 0 Å². The molecular weight excluding hydrogens is 298 g/mol. The molecule has 0 aliphatic carbocycles. The molecule has 4 nitrogen and oxygen atoms in total. The minimum atomic E-state index is -0.129. The van der Waals surface area contributed by atoms with Gasteiger partial charge in [-0.2, -0.15) is 0 Å². The second kappa shape index (κ2) is 6.87. The molecule has 0 spiro atoms. The Morgan fingerprint density at radius 2 is 1.88 bits per heavy atom. The van der Waals surface area contributed by atoms with Crippen LogP contribution in [0.4, 0.5) is 0 Å². The number of carbonyl (C=O) groups excluding carboxylic acids is 1. The van der Waals surface area contributed by atoms with Gasteiger partial charge in [0.2, 0.25) is 5.91 Å². The van der Waals surface area contributed by atoms with Crippen molar-refractivity contribution in [2.24, 2.45) is 0 Å². The highest BCUT2D eigenvalue weighted by molar-refractivity contribution is 5.78. The van der Waals surface area contributed by atoms with Crippen LogP contribution in [0.1, 0.15) is 43.3 Å². The van der Waals surface area contributed by atoms with E-state index >= 15 is 0 Å². The lowest BCUT2D eigenvalue weighted by Crippen LogP contribution is -2.28. The maximum Gasteiger partial charge on any atom is 0.220 e. The van der Waals surface area contributed by atoms with Gasteiger partial charge in [-0.05, 0) is 31.5 Å². The van der Waals surface area contributed by atoms with Gasteiger partial charge in [-0.1, -0.05) is 48.9 Å². The normalized spacial score (nSPS) is 12.3. The summed E-state index contributed by atoms with van der Waals surface area (Å²) in [6.45, 7) is 6.67. The highest BCUT2D eigenvalue weighted by atomic mass is 16.1. The van der Waals surface area contributed by atoms with Gasteiger partial charge >= 0.3 is 0 Å². The first-order valence-corrected chi connectivity index (χ1v) is 8.38. The molecule has 0 aliphatic rings. The van der Waals surface area contributed by atoms with Crippen molar-refractivity contribution in [3.05, 3.63) is 65.5 Å². The predicted octanol–water partition coefficient (Wildman–Crippen LogP) is 3.98. The molecular formula is C20H23N3O. The number of benzene rings is 2. The van der Waals surface area contributed by atoms with Crippen molar-refractivity contribution in [3.63, 3.8) is 0 Å². The van der Waals surface area contributed by atoms with Crippen molar-refractivity contribution in [2.45, 2.75) is 39.8 Å². The number of nitrogens with one attached hydrogen (secondary N) is 1. The van der Waals surface area contributed by atoms with Crippen LogP contribution in [-0.4, -0.2) is 15.5 Å². The monoisotopic (exact) mass is 321 g/mol. The molecule has 0 bridgehead atoms. The summed E-state index contributed by atoms with van der Waals surface area (Å²) in [5.41, 5.74) is 4.51. The fraction of sp³-hybridized carbons (Fsp3) is 0.300. The standard InChI is InChI=1S/C20H23N3O/c1-4-19(24)21-15(3)20-22-17-7-5-6-8-18(17)23(20)13-16-11-9-14(2)10-12-16/h5-12,15H,4,13H2,1-3H3,(H,21,24). The van der Waals surface area contributed by atoms with Crippen LogP contribution in [0.2, 0.25) is 0 Å². The van der Waals surface area contributed by atoms with Crippen LogP contribution in [0.3, 0.4) is 0 Å². The molecule has 4 heteroatoms. The predicted molar refractivity (Wildman–Crippen MR) is 96.9 cm³/mol.